The van der Waals surface area contributed by atoms with Gasteiger partial charge in [0.15, 0.2) is 0 Å². The van der Waals surface area contributed by atoms with Crippen LogP contribution in [0.15, 0.2) is 65.6 Å². The average Bonchev–Trinajstić information content (AvgIpc) is 2.61. The standard InChI is InChI=1S/C21H17FN2O2S/c1-14-3-7-20(8-4-14)27(25,26)24-19-10-15(2)9-18(11-19)16-5-6-17(13-23)21(22)12-16/h3-12,24H,1-2H3. The third-order valence-electron chi connectivity index (χ3n) is 4.08. The number of aryl methyl sites for hydroxylation is 2. The number of rotatable bonds is 4. The number of hydrogen-bond donors (Lipinski definition) is 1. The van der Waals surface area contributed by atoms with E-state index < -0.39 is 15.8 Å². The van der Waals surface area contributed by atoms with Crippen molar-refractivity contribution in [3.8, 4) is 17.2 Å². The highest BCUT2D eigenvalue weighted by Gasteiger charge is 2.15. The second kappa shape index (κ2) is 7.22. The van der Waals surface area contributed by atoms with Gasteiger partial charge in [-0.2, -0.15) is 5.26 Å². The van der Waals surface area contributed by atoms with Gasteiger partial charge in [-0.25, -0.2) is 12.8 Å². The maximum atomic E-state index is 13.9. The lowest BCUT2D eigenvalue weighted by molar-refractivity contribution is 0.601. The summed E-state index contributed by atoms with van der Waals surface area (Å²) in [6.45, 7) is 3.71. The lowest BCUT2D eigenvalue weighted by atomic mass is 10.0. The van der Waals surface area contributed by atoms with Crippen molar-refractivity contribution in [1.29, 1.82) is 5.26 Å². The van der Waals surface area contributed by atoms with E-state index in [0.717, 1.165) is 11.1 Å². The number of anilines is 1. The fraction of sp³-hybridized carbons (Fsp3) is 0.0952. The molecule has 0 spiro atoms. The molecular weight excluding hydrogens is 363 g/mol. The van der Waals surface area contributed by atoms with E-state index in [2.05, 4.69) is 4.72 Å². The summed E-state index contributed by atoms with van der Waals surface area (Å²) in [5.41, 5.74) is 3.35. The molecule has 0 saturated carbocycles. The highest BCUT2D eigenvalue weighted by molar-refractivity contribution is 7.92. The van der Waals surface area contributed by atoms with Gasteiger partial charge in [0.2, 0.25) is 0 Å². The van der Waals surface area contributed by atoms with Gasteiger partial charge in [0.25, 0.3) is 10.0 Å². The van der Waals surface area contributed by atoms with Gasteiger partial charge in [-0.05, 0) is 66.9 Å². The zero-order valence-corrected chi connectivity index (χ0v) is 15.6. The Labute approximate surface area is 158 Å². The van der Waals surface area contributed by atoms with Crippen LogP contribution in [0.4, 0.5) is 10.1 Å². The Morgan fingerprint density at radius 1 is 0.889 bits per heavy atom. The zero-order valence-electron chi connectivity index (χ0n) is 14.8. The van der Waals surface area contributed by atoms with Crippen LogP contribution >= 0.6 is 0 Å². The monoisotopic (exact) mass is 380 g/mol. The first-order valence-electron chi connectivity index (χ1n) is 8.20. The summed E-state index contributed by atoms with van der Waals surface area (Å²) >= 11 is 0. The molecule has 0 aliphatic heterocycles. The lowest BCUT2D eigenvalue weighted by Gasteiger charge is -2.12. The van der Waals surface area contributed by atoms with Crippen molar-refractivity contribution in [3.05, 3.63) is 83.2 Å². The van der Waals surface area contributed by atoms with Crippen LogP contribution in [0, 0.1) is 31.0 Å². The molecule has 1 N–H and O–H groups in total. The minimum atomic E-state index is -3.73. The zero-order chi connectivity index (χ0) is 19.6. The summed E-state index contributed by atoms with van der Waals surface area (Å²) < 4.78 is 41.7. The fourth-order valence-corrected chi connectivity index (χ4v) is 3.77. The van der Waals surface area contributed by atoms with Crippen LogP contribution in [-0.4, -0.2) is 8.42 Å². The second-order valence-electron chi connectivity index (χ2n) is 6.31. The molecular formula is C21H17FN2O2S. The topological polar surface area (TPSA) is 70.0 Å². The van der Waals surface area contributed by atoms with Gasteiger partial charge in [-0.1, -0.05) is 29.8 Å². The third kappa shape index (κ3) is 4.15. The Kier molecular flexibility index (Phi) is 4.98. The van der Waals surface area contributed by atoms with Gasteiger partial charge >= 0.3 is 0 Å². The van der Waals surface area contributed by atoms with Crippen molar-refractivity contribution in [2.75, 3.05) is 4.72 Å². The van der Waals surface area contributed by atoms with Crippen molar-refractivity contribution in [3.63, 3.8) is 0 Å². The molecule has 0 bridgehead atoms. The molecule has 0 unspecified atom stereocenters. The van der Waals surface area contributed by atoms with E-state index in [4.69, 9.17) is 5.26 Å². The molecule has 6 heteroatoms. The number of nitriles is 1. The molecule has 3 aromatic carbocycles. The van der Waals surface area contributed by atoms with Crippen LogP contribution in [-0.2, 0) is 10.0 Å². The normalized spacial score (nSPS) is 11.0. The summed E-state index contributed by atoms with van der Waals surface area (Å²) in [7, 11) is -3.73. The van der Waals surface area contributed by atoms with E-state index in [9.17, 15) is 12.8 Å². The average molecular weight is 380 g/mol. The maximum Gasteiger partial charge on any atom is 0.261 e. The summed E-state index contributed by atoms with van der Waals surface area (Å²) in [4.78, 5) is 0.167. The number of hydrogen-bond acceptors (Lipinski definition) is 3. The number of nitrogens with zero attached hydrogens (tertiary/aromatic N) is 1. The molecule has 4 nitrogen and oxygen atoms in total. The molecule has 0 radical (unpaired) electrons. The molecule has 3 aromatic rings. The summed E-state index contributed by atoms with van der Waals surface area (Å²) in [5, 5.41) is 8.85. The van der Waals surface area contributed by atoms with Crippen molar-refractivity contribution >= 4 is 15.7 Å². The quantitative estimate of drug-likeness (QED) is 0.708. The van der Waals surface area contributed by atoms with E-state index >= 15 is 0 Å². The van der Waals surface area contributed by atoms with Gasteiger partial charge in [0.05, 0.1) is 10.5 Å². The Morgan fingerprint density at radius 3 is 2.22 bits per heavy atom. The van der Waals surface area contributed by atoms with Crippen molar-refractivity contribution in [2.24, 2.45) is 0 Å². The van der Waals surface area contributed by atoms with E-state index in [-0.39, 0.29) is 10.5 Å². The minimum absolute atomic E-state index is 0.0355. The Bertz CT molecular complexity index is 1150. The van der Waals surface area contributed by atoms with E-state index in [1.165, 1.54) is 12.1 Å². The predicted octanol–water partition coefficient (Wildman–Crippen LogP) is 4.78. The van der Waals surface area contributed by atoms with Crippen molar-refractivity contribution in [1.82, 2.24) is 0 Å². The first-order chi connectivity index (χ1) is 12.8. The van der Waals surface area contributed by atoms with Gasteiger partial charge < -0.3 is 0 Å². The van der Waals surface area contributed by atoms with E-state index in [1.807, 2.05) is 19.9 Å². The van der Waals surface area contributed by atoms with E-state index in [1.54, 1.807) is 48.5 Å². The first-order valence-corrected chi connectivity index (χ1v) is 9.68. The fourth-order valence-electron chi connectivity index (χ4n) is 2.73. The lowest BCUT2D eigenvalue weighted by Crippen LogP contribution is -2.13. The molecule has 0 aromatic heterocycles. The van der Waals surface area contributed by atoms with Crippen molar-refractivity contribution < 1.29 is 12.8 Å². The number of sulfonamides is 1. The molecule has 0 saturated heterocycles. The summed E-state index contributed by atoms with van der Waals surface area (Å²) in [6, 6.07) is 17.8. The second-order valence-corrected chi connectivity index (χ2v) is 8.00. The number of benzene rings is 3. The van der Waals surface area contributed by atoms with Crippen LogP contribution in [0.2, 0.25) is 0 Å². The molecule has 0 heterocycles. The van der Waals surface area contributed by atoms with Crippen LogP contribution in [0.5, 0.6) is 0 Å². The van der Waals surface area contributed by atoms with Crippen LogP contribution in [0.3, 0.4) is 0 Å². The molecule has 0 amide bonds. The third-order valence-corrected chi connectivity index (χ3v) is 5.48. The molecule has 0 aliphatic carbocycles. The van der Waals surface area contributed by atoms with Gasteiger partial charge in [0, 0.05) is 5.69 Å². The Balaban J connectivity index is 1.97. The summed E-state index contributed by atoms with van der Waals surface area (Å²) in [6.07, 6.45) is 0. The molecule has 0 atom stereocenters. The number of nitrogens with one attached hydrogen (secondary N) is 1. The van der Waals surface area contributed by atoms with Gasteiger partial charge in [-0.15, -0.1) is 0 Å². The van der Waals surface area contributed by atoms with E-state index in [0.29, 0.717) is 16.8 Å². The van der Waals surface area contributed by atoms with Gasteiger partial charge in [-0.3, -0.25) is 4.72 Å². The van der Waals surface area contributed by atoms with Crippen LogP contribution in [0.1, 0.15) is 16.7 Å². The van der Waals surface area contributed by atoms with Crippen molar-refractivity contribution in [2.45, 2.75) is 18.7 Å². The first kappa shape index (κ1) is 18.6. The molecule has 27 heavy (non-hydrogen) atoms. The highest BCUT2D eigenvalue weighted by Crippen LogP contribution is 2.27. The summed E-state index contributed by atoms with van der Waals surface area (Å²) in [5.74, 6) is -0.613. The largest absolute Gasteiger partial charge is 0.280 e. The van der Waals surface area contributed by atoms with Gasteiger partial charge in [0.1, 0.15) is 11.9 Å². The number of halogens is 1. The molecule has 0 aliphatic rings. The Morgan fingerprint density at radius 2 is 1.59 bits per heavy atom. The Hall–Kier alpha value is -3.17. The predicted molar refractivity (Wildman–Crippen MR) is 103 cm³/mol. The van der Waals surface area contributed by atoms with Crippen LogP contribution < -0.4 is 4.72 Å². The molecule has 0 fully saturated rings. The maximum absolute atomic E-state index is 13.9. The molecule has 136 valence electrons. The van der Waals surface area contributed by atoms with Crippen LogP contribution in [0.25, 0.3) is 11.1 Å². The minimum Gasteiger partial charge on any atom is -0.280 e. The molecule has 3 rings (SSSR count). The highest BCUT2D eigenvalue weighted by atomic mass is 32.2. The smallest absolute Gasteiger partial charge is 0.261 e. The SMILES string of the molecule is Cc1ccc(S(=O)(=O)Nc2cc(C)cc(-c3ccc(C#N)c(F)c3)c2)cc1.